The first-order valence-corrected chi connectivity index (χ1v) is 12.9. The minimum Gasteiger partial charge on any atom is -0.466 e. The van der Waals surface area contributed by atoms with E-state index < -0.39 is 0 Å². The van der Waals surface area contributed by atoms with E-state index in [2.05, 4.69) is 30.5 Å². The topological polar surface area (TPSA) is 120 Å². The molecule has 0 atom stereocenters. The van der Waals surface area contributed by atoms with Crippen LogP contribution in [0.4, 0.5) is 5.13 Å². The molecule has 4 aromatic rings. The molecule has 4 aromatic heterocycles. The lowest BCUT2D eigenvalue weighted by atomic mass is 10.3. The van der Waals surface area contributed by atoms with Gasteiger partial charge in [-0.05, 0) is 38.1 Å². The molecule has 0 fully saturated rings. The molecule has 1 N–H and O–H groups in total. The third-order valence-electron chi connectivity index (χ3n) is 4.36. The van der Waals surface area contributed by atoms with Gasteiger partial charge in [0.1, 0.15) is 15.7 Å². The molecular formula is C22H20N6O3S3. The minimum atomic E-state index is -0.343. The van der Waals surface area contributed by atoms with Crippen molar-refractivity contribution in [2.24, 2.45) is 0 Å². The fourth-order valence-corrected chi connectivity index (χ4v) is 5.23. The number of anilines is 1. The van der Waals surface area contributed by atoms with Crippen LogP contribution in [0, 0.1) is 6.92 Å². The Labute approximate surface area is 208 Å². The van der Waals surface area contributed by atoms with Gasteiger partial charge in [0, 0.05) is 23.3 Å². The van der Waals surface area contributed by atoms with Crippen LogP contribution in [0.1, 0.15) is 18.3 Å². The Balaban J connectivity index is 1.31. The number of carbonyl (C=O) groups excluding carboxylic acids is 2. The second-order valence-corrected chi connectivity index (χ2v) is 9.75. The van der Waals surface area contributed by atoms with Crippen molar-refractivity contribution in [1.29, 1.82) is 0 Å². The lowest BCUT2D eigenvalue weighted by Gasteiger charge is -2.02. The van der Waals surface area contributed by atoms with Crippen molar-refractivity contribution in [3.63, 3.8) is 0 Å². The van der Waals surface area contributed by atoms with E-state index in [-0.39, 0.29) is 24.1 Å². The quantitative estimate of drug-likeness (QED) is 0.259. The Morgan fingerprint density at radius 2 is 2.06 bits per heavy atom. The van der Waals surface area contributed by atoms with Crippen molar-refractivity contribution in [2.45, 2.75) is 25.3 Å². The number of esters is 1. The van der Waals surface area contributed by atoms with Gasteiger partial charge in [-0.25, -0.2) is 9.97 Å². The van der Waals surface area contributed by atoms with Crippen LogP contribution in [-0.4, -0.2) is 49.4 Å². The van der Waals surface area contributed by atoms with E-state index in [1.807, 2.05) is 31.2 Å². The molecule has 0 aromatic carbocycles. The van der Waals surface area contributed by atoms with Crippen molar-refractivity contribution >= 4 is 51.4 Å². The maximum atomic E-state index is 12.3. The zero-order valence-corrected chi connectivity index (χ0v) is 20.8. The number of aryl methyl sites for hydroxylation is 1. The zero-order valence-electron chi connectivity index (χ0n) is 18.3. The van der Waals surface area contributed by atoms with Gasteiger partial charge in [0.05, 0.1) is 35.0 Å². The first-order valence-electron chi connectivity index (χ1n) is 10.3. The Morgan fingerprint density at radius 1 is 1.18 bits per heavy atom. The molecule has 0 aliphatic heterocycles. The Morgan fingerprint density at radius 3 is 2.79 bits per heavy atom. The maximum Gasteiger partial charge on any atom is 0.311 e. The van der Waals surface area contributed by atoms with Crippen molar-refractivity contribution in [3.05, 3.63) is 53.4 Å². The highest BCUT2D eigenvalue weighted by molar-refractivity contribution is 7.99. The lowest BCUT2D eigenvalue weighted by Crippen LogP contribution is -2.14. The molecule has 0 radical (unpaired) electrons. The number of thiazole rings is 2. The number of nitrogens with zero attached hydrogens (tertiary/aromatic N) is 5. The number of pyridine rings is 1. The van der Waals surface area contributed by atoms with E-state index in [1.165, 1.54) is 34.4 Å². The van der Waals surface area contributed by atoms with Crippen molar-refractivity contribution in [1.82, 2.24) is 25.1 Å². The number of ether oxygens (including phenoxy) is 1. The highest BCUT2D eigenvalue weighted by Gasteiger charge is 2.14. The molecule has 1 amide bonds. The van der Waals surface area contributed by atoms with Gasteiger partial charge in [-0.15, -0.1) is 32.9 Å². The molecule has 9 nitrogen and oxygen atoms in total. The number of carbonyl (C=O) groups is 2. The molecule has 0 aliphatic carbocycles. The fraction of sp³-hybridized carbons (Fsp3) is 0.227. The summed E-state index contributed by atoms with van der Waals surface area (Å²) in [7, 11) is 0. The fourth-order valence-electron chi connectivity index (χ4n) is 2.87. The second kappa shape index (κ2) is 11.3. The molecule has 0 saturated carbocycles. The molecule has 4 rings (SSSR count). The van der Waals surface area contributed by atoms with Crippen LogP contribution >= 0.6 is 34.4 Å². The molecule has 4 heterocycles. The first-order chi connectivity index (χ1) is 16.5. The molecule has 0 saturated heterocycles. The van der Waals surface area contributed by atoms with Gasteiger partial charge in [-0.2, -0.15) is 0 Å². The van der Waals surface area contributed by atoms with Crippen LogP contribution in [0.2, 0.25) is 0 Å². The van der Waals surface area contributed by atoms with Crippen LogP contribution in [0.15, 0.2) is 47.1 Å². The third kappa shape index (κ3) is 6.22. The number of nitrogens with one attached hydrogen (secondary N) is 1. The van der Waals surface area contributed by atoms with Gasteiger partial charge >= 0.3 is 5.97 Å². The number of hydrogen-bond donors (Lipinski definition) is 1. The zero-order chi connectivity index (χ0) is 23.9. The first kappa shape index (κ1) is 23.9. The largest absolute Gasteiger partial charge is 0.466 e. The second-order valence-electron chi connectivity index (χ2n) is 6.89. The number of thioether (sulfide) groups is 1. The van der Waals surface area contributed by atoms with Crippen molar-refractivity contribution < 1.29 is 14.3 Å². The van der Waals surface area contributed by atoms with Gasteiger partial charge in [0.2, 0.25) is 5.91 Å². The summed E-state index contributed by atoms with van der Waals surface area (Å²) in [6.07, 6.45) is 3.60. The summed E-state index contributed by atoms with van der Waals surface area (Å²) >= 11 is 4.08. The minimum absolute atomic E-state index is 0.0832. The highest BCUT2D eigenvalue weighted by atomic mass is 32.2. The molecular weight excluding hydrogens is 492 g/mol. The summed E-state index contributed by atoms with van der Waals surface area (Å²) in [6.45, 7) is 4.02. The van der Waals surface area contributed by atoms with E-state index in [9.17, 15) is 9.59 Å². The van der Waals surface area contributed by atoms with Gasteiger partial charge in [0.25, 0.3) is 0 Å². The third-order valence-corrected chi connectivity index (χ3v) is 7.31. The summed E-state index contributed by atoms with van der Waals surface area (Å²) < 4.78 is 4.91. The van der Waals surface area contributed by atoms with Crippen LogP contribution in [0.25, 0.3) is 21.1 Å². The summed E-state index contributed by atoms with van der Waals surface area (Å²) in [5.74, 6) is -0.400. The predicted molar refractivity (Wildman–Crippen MR) is 133 cm³/mol. The monoisotopic (exact) mass is 512 g/mol. The summed E-state index contributed by atoms with van der Waals surface area (Å²) in [6, 6.07) is 7.57. The van der Waals surface area contributed by atoms with Crippen LogP contribution in [0.5, 0.6) is 0 Å². The number of aromatic nitrogens is 5. The summed E-state index contributed by atoms with van der Waals surface area (Å²) in [5.41, 5.74) is 3.14. The van der Waals surface area contributed by atoms with Crippen molar-refractivity contribution in [2.75, 3.05) is 17.7 Å². The highest BCUT2D eigenvalue weighted by Crippen LogP contribution is 2.34. The molecule has 0 aliphatic rings. The molecule has 34 heavy (non-hydrogen) atoms. The average Bonchev–Trinajstić information content (AvgIpc) is 3.45. The maximum absolute atomic E-state index is 12.3. The molecule has 12 heteroatoms. The predicted octanol–water partition coefficient (Wildman–Crippen LogP) is 4.26. The van der Waals surface area contributed by atoms with Gasteiger partial charge in [-0.3, -0.25) is 14.6 Å². The van der Waals surface area contributed by atoms with Gasteiger partial charge in [0.15, 0.2) is 5.13 Å². The van der Waals surface area contributed by atoms with Crippen molar-refractivity contribution in [3.8, 4) is 21.1 Å². The molecule has 0 spiro atoms. The standard InChI is InChI=1S/C22H20N6O3S3/c1-3-31-19(30)9-15-11-33-22(25-15)26-17(29)12-32-18-7-6-16(27-28-18)20-13(2)24-21(34-20)14-5-4-8-23-10-14/h4-8,10-11H,3,9,12H2,1-2H3,(H,25,26,29). The molecule has 0 unspecified atom stereocenters. The molecule has 174 valence electrons. The van der Waals surface area contributed by atoms with E-state index >= 15 is 0 Å². The Hall–Kier alpha value is -3.22. The van der Waals surface area contributed by atoms with E-state index in [4.69, 9.17) is 4.74 Å². The van der Waals surface area contributed by atoms with E-state index in [1.54, 1.807) is 24.7 Å². The van der Waals surface area contributed by atoms with E-state index in [0.29, 0.717) is 22.5 Å². The van der Waals surface area contributed by atoms with Gasteiger partial charge in [-0.1, -0.05) is 11.8 Å². The summed E-state index contributed by atoms with van der Waals surface area (Å²) in [5, 5.41) is 15.0. The normalized spacial score (nSPS) is 10.8. The SMILES string of the molecule is CCOC(=O)Cc1csc(NC(=O)CSc2ccc(-c3sc(-c4cccnc4)nc3C)nn2)n1. The number of hydrogen-bond acceptors (Lipinski definition) is 11. The van der Waals surface area contributed by atoms with Crippen LogP contribution in [0.3, 0.4) is 0 Å². The summed E-state index contributed by atoms with van der Waals surface area (Å²) in [4.78, 5) is 37.8. The number of rotatable bonds is 9. The van der Waals surface area contributed by atoms with Crippen LogP contribution < -0.4 is 5.32 Å². The Kier molecular flexibility index (Phi) is 7.93. The number of amides is 1. The van der Waals surface area contributed by atoms with E-state index in [0.717, 1.165) is 26.8 Å². The lowest BCUT2D eigenvalue weighted by molar-refractivity contribution is -0.142. The average molecular weight is 513 g/mol. The molecule has 0 bridgehead atoms. The smallest absolute Gasteiger partial charge is 0.311 e. The van der Waals surface area contributed by atoms with Gasteiger partial charge < -0.3 is 10.1 Å². The van der Waals surface area contributed by atoms with Crippen LogP contribution in [-0.2, 0) is 20.7 Å². The Bertz CT molecular complexity index is 1270.